The van der Waals surface area contributed by atoms with Crippen LogP contribution in [-0.2, 0) is 0 Å². The molecule has 0 saturated carbocycles. The SMILES string of the molecule is Fc1[c]nccc1-c1cnco1. The molecular formula is C8H4FN2O. The minimum absolute atomic E-state index is 0.322. The average molecular weight is 163 g/mol. The van der Waals surface area contributed by atoms with Crippen LogP contribution in [0.1, 0.15) is 0 Å². The number of nitrogens with zero attached hydrogens (tertiary/aromatic N) is 2. The number of oxazole rings is 1. The molecule has 2 aromatic rings. The van der Waals surface area contributed by atoms with Gasteiger partial charge in [0.05, 0.1) is 11.8 Å². The average Bonchev–Trinajstić information content (AvgIpc) is 2.57. The topological polar surface area (TPSA) is 38.9 Å². The molecule has 3 nitrogen and oxygen atoms in total. The predicted octanol–water partition coefficient (Wildman–Crippen LogP) is 1.68. The fraction of sp³-hybridized carbons (Fsp3) is 0. The minimum Gasteiger partial charge on any atom is -0.443 e. The van der Waals surface area contributed by atoms with Crippen LogP contribution in [0.5, 0.6) is 0 Å². The lowest BCUT2D eigenvalue weighted by atomic mass is 10.2. The van der Waals surface area contributed by atoms with Crippen molar-refractivity contribution < 1.29 is 8.81 Å². The molecule has 4 heteroatoms. The number of hydrogen-bond donors (Lipinski definition) is 0. The van der Waals surface area contributed by atoms with Crippen molar-refractivity contribution in [3.8, 4) is 11.3 Å². The molecule has 0 aromatic carbocycles. The zero-order valence-electron chi connectivity index (χ0n) is 5.99. The lowest BCUT2D eigenvalue weighted by Crippen LogP contribution is -1.83. The smallest absolute Gasteiger partial charge is 0.181 e. The highest BCUT2D eigenvalue weighted by Crippen LogP contribution is 2.19. The zero-order valence-corrected chi connectivity index (χ0v) is 5.99. The first-order valence-electron chi connectivity index (χ1n) is 3.29. The molecule has 1 radical (unpaired) electrons. The Bertz CT molecular complexity index is 372. The molecule has 0 fully saturated rings. The van der Waals surface area contributed by atoms with E-state index in [1.807, 2.05) is 0 Å². The molecule has 0 atom stereocenters. The van der Waals surface area contributed by atoms with Gasteiger partial charge in [0.25, 0.3) is 0 Å². The quantitative estimate of drug-likeness (QED) is 0.641. The van der Waals surface area contributed by atoms with Crippen LogP contribution in [0, 0.1) is 12.0 Å². The van der Waals surface area contributed by atoms with E-state index in [1.165, 1.54) is 24.9 Å². The van der Waals surface area contributed by atoms with E-state index in [0.29, 0.717) is 11.3 Å². The van der Waals surface area contributed by atoms with Crippen LogP contribution in [0.4, 0.5) is 4.39 Å². The summed E-state index contributed by atoms with van der Waals surface area (Å²) >= 11 is 0. The number of halogens is 1. The summed E-state index contributed by atoms with van der Waals surface area (Å²) in [5.74, 6) is -0.152. The van der Waals surface area contributed by atoms with E-state index in [9.17, 15) is 4.39 Å². The van der Waals surface area contributed by atoms with Gasteiger partial charge in [-0.1, -0.05) is 0 Å². The lowest BCUT2D eigenvalue weighted by molar-refractivity contribution is 0.559. The summed E-state index contributed by atoms with van der Waals surface area (Å²) in [6.45, 7) is 0. The van der Waals surface area contributed by atoms with Gasteiger partial charge in [0.2, 0.25) is 0 Å². The Labute approximate surface area is 67.9 Å². The maximum atomic E-state index is 12.9. The van der Waals surface area contributed by atoms with Crippen molar-refractivity contribution in [2.45, 2.75) is 0 Å². The second-order valence-electron chi connectivity index (χ2n) is 2.15. The van der Waals surface area contributed by atoms with Crippen LogP contribution in [-0.4, -0.2) is 9.97 Å². The molecule has 0 aliphatic rings. The van der Waals surface area contributed by atoms with Crippen LogP contribution in [0.3, 0.4) is 0 Å². The van der Waals surface area contributed by atoms with Gasteiger partial charge in [-0.3, -0.25) is 4.98 Å². The van der Waals surface area contributed by atoms with Crippen LogP contribution in [0.2, 0.25) is 0 Å². The molecule has 0 unspecified atom stereocenters. The molecule has 59 valence electrons. The van der Waals surface area contributed by atoms with Gasteiger partial charge in [-0.2, -0.15) is 0 Å². The Balaban J connectivity index is 2.55. The van der Waals surface area contributed by atoms with Crippen molar-refractivity contribution in [2.24, 2.45) is 0 Å². The molecule has 2 aromatic heterocycles. The van der Waals surface area contributed by atoms with E-state index in [1.54, 1.807) is 0 Å². The van der Waals surface area contributed by atoms with Gasteiger partial charge in [-0.05, 0) is 6.07 Å². The first-order chi connectivity index (χ1) is 5.88. The summed E-state index contributed by atoms with van der Waals surface area (Å²) in [4.78, 5) is 7.16. The Morgan fingerprint density at radius 2 is 2.42 bits per heavy atom. The summed E-state index contributed by atoms with van der Waals surface area (Å²) in [5, 5.41) is 0. The largest absolute Gasteiger partial charge is 0.443 e. The number of hydrogen-bond acceptors (Lipinski definition) is 3. The summed E-state index contributed by atoms with van der Waals surface area (Å²) in [6, 6.07) is 1.51. The molecule has 0 aliphatic carbocycles. The maximum Gasteiger partial charge on any atom is 0.181 e. The lowest BCUT2D eigenvalue weighted by Gasteiger charge is -1.94. The molecule has 0 bridgehead atoms. The Kier molecular flexibility index (Phi) is 1.59. The second-order valence-corrected chi connectivity index (χ2v) is 2.15. The van der Waals surface area contributed by atoms with Crippen molar-refractivity contribution in [3.05, 3.63) is 36.9 Å². The number of aromatic nitrogens is 2. The zero-order chi connectivity index (χ0) is 8.39. The highest BCUT2D eigenvalue weighted by Gasteiger charge is 2.06. The molecule has 0 spiro atoms. The van der Waals surface area contributed by atoms with Crippen LogP contribution < -0.4 is 0 Å². The Hall–Kier alpha value is -1.71. The molecule has 12 heavy (non-hydrogen) atoms. The maximum absolute atomic E-state index is 12.9. The summed E-state index contributed by atoms with van der Waals surface area (Å²) < 4.78 is 17.8. The van der Waals surface area contributed by atoms with E-state index in [2.05, 4.69) is 16.2 Å². The third-order valence-corrected chi connectivity index (χ3v) is 1.41. The minimum atomic E-state index is -0.533. The summed E-state index contributed by atoms with van der Waals surface area (Å²) in [6.07, 6.45) is 6.31. The molecule has 0 N–H and O–H groups in total. The van der Waals surface area contributed by atoms with E-state index >= 15 is 0 Å². The molecule has 2 rings (SSSR count). The molecular weight excluding hydrogens is 159 g/mol. The standard InChI is InChI=1S/C8H4FN2O/c9-7-3-10-2-1-6(7)8-4-11-5-12-8/h1-2,4-5H. The van der Waals surface area contributed by atoms with Gasteiger partial charge in [-0.25, -0.2) is 9.37 Å². The summed E-state index contributed by atoms with van der Waals surface area (Å²) in [7, 11) is 0. The van der Waals surface area contributed by atoms with Crippen molar-refractivity contribution in [1.82, 2.24) is 9.97 Å². The fourth-order valence-corrected chi connectivity index (χ4v) is 0.878. The van der Waals surface area contributed by atoms with Gasteiger partial charge < -0.3 is 4.42 Å². The van der Waals surface area contributed by atoms with E-state index in [-0.39, 0.29) is 0 Å². The number of rotatable bonds is 1. The van der Waals surface area contributed by atoms with E-state index in [4.69, 9.17) is 4.42 Å². The Morgan fingerprint density at radius 3 is 3.08 bits per heavy atom. The fourth-order valence-electron chi connectivity index (χ4n) is 0.878. The van der Waals surface area contributed by atoms with Crippen molar-refractivity contribution >= 4 is 0 Å². The molecule has 2 heterocycles. The van der Waals surface area contributed by atoms with Crippen molar-refractivity contribution in [2.75, 3.05) is 0 Å². The van der Waals surface area contributed by atoms with Crippen LogP contribution in [0.25, 0.3) is 11.3 Å². The first-order valence-corrected chi connectivity index (χ1v) is 3.29. The molecule has 0 amide bonds. The summed E-state index contributed by atoms with van der Waals surface area (Å²) in [5.41, 5.74) is 0.322. The highest BCUT2D eigenvalue weighted by molar-refractivity contribution is 5.55. The third kappa shape index (κ3) is 1.07. The van der Waals surface area contributed by atoms with Crippen LogP contribution >= 0.6 is 0 Å². The van der Waals surface area contributed by atoms with Gasteiger partial charge in [-0.15, -0.1) is 0 Å². The van der Waals surface area contributed by atoms with E-state index in [0.717, 1.165) is 0 Å². The van der Waals surface area contributed by atoms with Crippen molar-refractivity contribution in [3.63, 3.8) is 0 Å². The first kappa shape index (κ1) is 6.97. The second kappa shape index (κ2) is 2.73. The third-order valence-electron chi connectivity index (χ3n) is 1.41. The molecule has 0 saturated heterocycles. The van der Waals surface area contributed by atoms with Gasteiger partial charge in [0.15, 0.2) is 18.0 Å². The van der Waals surface area contributed by atoms with Crippen LogP contribution in [0.15, 0.2) is 29.3 Å². The van der Waals surface area contributed by atoms with Gasteiger partial charge >= 0.3 is 0 Å². The van der Waals surface area contributed by atoms with Gasteiger partial charge in [0.1, 0.15) is 6.20 Å². The molecule has 0 aliphatic heterocycles. The van der Waals surface area contributed by atoms with Gasteiger partial charge in [0, 0.05) is 6.20 Å². The highest BCUT2D eigenvalue weighted by atomic mass is 19.1. The normalized spacial score (nSPS) is 10.1. The predicted molar refractivity (Wildman–Crippen MR) is 38.5 cm³/mol. The Morgan fingerprint density at radius 1 is 1.50 bits per heavy atom. The van der Waals surface area contributed by atoms with Crippen molar-refractivity contribution in [1.29, 1.82) is 0 Å². The number of pyridine rings is 1. The monoisotopic (exact) mass is 163 g/mol. The van der Waals surface area contributed by atoms with E-state index < -0.39 is 5.82 Å².